The highest BCUT2D eigenvalue weighted by Crippen LogP contribution is 2.23. The summed E-state index contributed by atoms with van der Waals surface area (Å²) < 4.78 is 31.2. The molecule has 1 N–H and O–H groups in total. The van der Waals surface area contributed by atoms with E-state index in [0.29, 0.717) is 17.2 Å². The molecule has 2 aromatic carbocycles. The van der Waals surface area contributed by atoms with E-state index in [1.807, 2.05) is 6.07 Å². The van der Waals surface area contributed by atoms with Crippen LogP contribution in [0.4, 0.5) is 5.69 Å². The molecule has 0 saturated heterocycles. The van der Waals surface area contributed by atoms with E-state index in [1.54, 1.807) is 43.3 Å². The number of hydrogen-bond acceptors (Lipinski definition) is 5. The summed E-state index contributed by atoms with van der Waals surface area (Å²) in [6.45, 7) is 1.42. The molecule has 0 saturated carbocycles. The first-order valence-electron chi connectivity index (χ1n) is 9.98. The maximum Gasteiger partial charge on any atom is 0.244 e. The van der Waals surface area contributed by atoms with Gasteiger partial charge in [-0.25, -0.2) is 8.42 Å². The number of amides is 2. The average Bonchev–Trinajstić information content (AvgIpc) is 2.76. The normalized spacial score (nSPS) is 12.0. The van der Waals surface area contributed by atoms with Gasteiger partial charge in [0.2, 0.25) is 21.8 Å². The Morgan fingerprint density at radius 1 is 1.16 bits per heavy atom. The van der Waals surface area contributed by atoms with E-state index < -0.39 is 28.5 Å². The molecule has 0 spiro atoms. The maximum atomic E-state index is 13.4. The van der Waals surface area contributed by atoms with Crippen molar-refractivity contribution in [2.24, 2.45) is 0 Å². The van der Waals surface area contributed by atoms with Crippen molar-refractivity contribution < 1.29 is 22.7 Å². The van der Waals surface area contributed by atoms with Gasteiger partial charge in [0, 0.05) is 18.6 Å². The minimum atomic E-state index is -3.80. The van der Waals surface area contributed by atoms with Crippen LogP contribution in [0.1, 0.15) is 18.9 Å². The first-order valence-corrected chi connectivity index (χ1v) is 12.2. The fraction of sp³-hybridized carbons (Fsp3) is 0.364. The lowest BCUT2D eigenvalue weighted by Crippen LogP contribution is -2.51. The number of anilines is 1. The second kappa shape index (κ2) is 11.2. The van der Waals surface area contributed by atoms with Gasteiger partial charge in [0.25, 0.3) is 0 Å². The number of sulfonamides is 1. The van der Waals surface area contributed by atoms with Crippen molar-refractivity contribution >= 4 is 39.1 Å². The van der Waals surface area contributed by atoms with Crippen LogP contribution >= 0.6 is 11.6 Å². The summed E-state index contributed by atoms with van der Waals surface area (Å²) in [5, 5.41) is 2.92. The summed E-state index contributed by atoms with van der Waals surface area (Å²) in [5.41, 5.74) is 1.01. The molecule has 0 aliphatic carbocycles. The number of likely N-dealkylation sites (N-methyl/N-ethyl adjacent to an activating group) is 1. The number of nitrogens with zero attached hydrogens (tertiary/aromatic N) is 2. The topological polar surface area (TPSA) is 96.0 Å². The molecule has 0 aromatic heterocycles. The summed E-state index contributed by atoms with van der Waals surface area (Å²) in [6.07, 6.45) is 1.37. The first-order chi connectivity index (χ1) is 15.1. The van der Waals surface area contributed by atoms with Crippen molar-refractivity contribution in [1.82, 2.24) is 10.2 Å². The Kier molecular flexibility index (Phi) is 8.91. The van der Waals surface area contributed by atoms with Crippen molar-refractivity contribution in [1.29, 1.82) is 0 Å². The molecule has 32 heavy (non-hydrogen) atoms. The molecule has 174 valence electrons. The highest BCUT2D eigenvalue weighted by molar-refractivity contribution is 7.92. The fourth-order valence-corrected chi connectivity index (χ4v) is 4.32. The van der Waals surface area contributed by atoms with Crippen molar-refractivity contribution in [2.75, 3.05) is 31.3 Å². The number of methoxy groups -OCH3 is 1. The van der Waals surface area contributed by atoms with Gasteiger partial charge in [-0.05, 0) is 42.3 Å². The first kappa shape index (κ1) is 25.5. The van der Waals surface area contributed by atoms with Crippen LogP contribution in [0.3, 0.4) is 0 Å². The second-order valence-corrected chi connectivity index (χ2v) is 9.50. The third-order valence-electron chi connectivity index (χ3n) is 4.89. The molecule has 0 aliphatic heterocycles. The van der Waals surface area contributed by atoms with Gasteiger partial charge in [0.1, 0.15) is 18.3 Å². The van der Waals surface area contributed by atoms with Gasteiger partial charge >= 0.3 is 0 Å². The minimum absolute atomic E-state index is 0.106. The zero-order chi connectivity index (χ0) is 23.9. The molecule has 8 nitrogen and oxygen atoms in total. The molecule has 1 atom stereocenters. The molecular formula is C22H28ClN3O5S. The smallest absolute Gasteiger partial charge is 0.244 e. The van der Waals surface area contributed by atoms with Crippen LogP contribution in [-0.4, -0.2) is 58.1 Å². The van der Waals surface area contributed by atoms with E-state index in [0.717, 1.165) is 16.1 Å². The minimum Gasteiger partial charge on any atom is -0.497 e. The van der Waals surface area contributed by atoms with Crippen LogP contribution in [0.15, 0.2) is 48.5 Å². The number of ether oxygens (including phenoxy) is 1. The summed E-state index contributed by atoms with van der Waals surface area (Å²) in [4.78, 5) is 27.3. The third kappa shape index (κ3) is 6.61. The van der Waals surface area contributed by atoms with E-state index in [-0.39, 0.29) is 18.1 Å². The van der Waals surface area contributed by atoms with Gasteiger partial charge in [0.05, 0.1) is 19.1 Å². The van der Waals surface area contributed by atoms with Crippen LogP contribution in [0.25, 0.3) is 0 Å². The molecule has 0 bridgehead atoms. The van der Waals surface area contributed by atoms with Crippen molar-refractivity contribution in [3.63, 3.8) is 0 Å². The summed E-state index contributed by atoms with van der Waals surface area (Å²) >= 11 is 6.03. The van der Waals surface area contributed by atoms with Gasteiger partial charge in [-0.1, -0.05) is 36.7 Å². The zero-order valence-corrected chi connectivity index (χ0v) is 20.1. The Morgan fingerprint density at radius 3 is 2.41 bits per heavy atom. The van der Waals surface area contributed by atoms with Crippen LogP contribution < -0.4 is 14.4 Å². The number of carbonyl (C=O) groups excluding carboxylic acids is 2. The van der Waals surface area contributed by atoms with Gasteiger partial charge < -0.3 is 15.0 Å². The molecule has 0 heterocycles. The SMILES string of the molecule is CCC(C(=O)NC)N(Cc1cccc(OC)c1)C(=O)CN(c1cccc(Cl)c1)S(C)(=O)=O. The van der Waals surface area contributed by atoms with E-state index in [1.165, 1.54) is 25.1 Å². The predicted octanol–water partition coefficient (Wildman–Crippen LogP) is 2.67. The lowest BCUT2D eigenvalue weighted by molar-refractivity contribution is -0.140. The Labute approximate surface area is 194 Å². The molecule has 0 fully saturated rings. The molecule has 0 radical (unpaired) electrons. The van der Waals surface area contributed by atoms with Gasteiger partial charge in [-0.15, -0.1) is 0 Å². The largest absolute Gasteiger partial charge is 0.497 e. The molecule has 2 aromatic rings. The number of nitrogens with one attached hydrogen (secondary N) is 1. The van der Waals surface area contributed by atoms with Crippen molar-refractivity contribution in [3.05, 3.63) is 59.1 Å². The van der Waals surface area contributed by atoms with Crippen LogP contribution in [0, 0.1) is 0 Å². The van der Waals surface area contributed by atoms with Gasteiger partial charge in [-0.2, -0.15) is 0 Å². The molecule has 10 heteroatoms. The van der Waals surface area contributed by atoms with E-state index in [2.05, 4.69) is 5.32 Å². The van der Waals surface area contributed by atoms with Crippen LogP contribution in [0.2, 0.25) is 5.02 Å². The van der Waals surface area contributed by atoms with Crippen molar-refractivity contribution in [3.8, 4) is 5.75 Å². The number of carbonyl (C=O) groups is 2. The van der Waals surface area contributed by atoms with Crippen LogP contribution in [0.5, 0.6) is 5.75 Å². The lowest BCUT2D eigenvalue weighted by Gasteiger charge is -2.32. The molecule has 2 amide bonds. The summed E-state index contributed by atoms with van der Waals surface area (Å²) in [5.74, 6) is -0.245. The highest BCUT2D eigenvalue weighted by Gasteiger charge is 2.31. The van der Waals surface area contributed by atoms with E-state index in [9.17, 15) is 18.0 Å². The number of hydrogen-bond donors (Lipinski definition) is 1. The Bertz CT molecular complexity index is 1060. The molecular weight excluding hydrogens is 454 g/mol. The summed E-state index contributed by atoms with van der Waals surface area (Å²) in [7, 11) is -0.766. The highest BCUT2D eigenvalue weighted by atomic mass is 35.5. The lowest BCUT2D eigenvalue weighted by atomic mass is 10.1. The standard InChI is InChI=1S/C22H28ClN3O5S/c1-5-20(22(28)24-2)25(14-16-8-6-11-19(12-16)31-3)21(27)15-26(32(4,29)30)18-10-7-9-17(23)13-18/h6-13,20H,5,14-15H2,1-4H3,(H,24,28). The second-order valence-electron chi connectivity index (χ2n) is 7.16. The van der Waals surface area contributed by atoms with Crippen LogP contribution in [-0.2, 0) is 26.2 Å². The average molecular weight is 482 g/mol. The van der Waals surface area contributed by atoms with Crippen molar-refractivity contribution in [2.45, 2.75) is 25.9 Å². The molecule has 0 aliphatic rings. The Balaban J connectivity index is 2.43. The van der Waals surface area contributed by atoms with Gasteiger partial charge in [-0.3, -0.25) is 13.9 Å². The fourth-order valence-electron chi connectivity index (χ4n) is 3.30. The number of benzene rings is 2. The monoisotopic (exact) mass is 481 g/mol. The molecule has 2 rings (SSSR count). The maximum absolute atomic E-state index is 13.4. The zero-order valence-electron chi connectivity index (χ0n) is 18.5. The number of halogens is 1. The Morgan fingerprint density at radius 2 is 1.84 bits per heavy atom. The Hall–Kier alpha value is -2.78. The quantitative estimate of drug-likeness (QED) is 0.562. The third-order valence-corrected chi connectivity index (χ3v) is 6.27. The molecule has 1 unspecified atom stereocenters. The predicted molar refractivity (Wildman–Crippen MR) is 125 cm³/mol. The van der Waals surface area contributed by atoms with E-state index in [4.69, 9.17) is 16.3 Å². The summed E-state index contributed by atoms with van der Waals surface area (Å²) in [6, 6.07) is 12.6. The number of rotatable bonds is 10. The van der Waals surface area contributed by atoms with Gasteiger partial charge in [0.15, 0.2) is 0 Å². The van der Waals surface area contributed by atoms with E-state index >= 15 is 0 Å².